The van der Waals surface area contributed by atoms with Crippen molar-refractivity contribution in [2.24, 2.45) is 0 Å². The third kappa shape index (κ3) is 3.87. The molecule has 148 valence electrons. The molecule has 1 N–H and O–H groups in total. The summed E-state index contributed by atoms with van der Waals surface area (Å²) in [6.07, 6.45) is 1.59. The summed E-state index contributed by atoms with van der Waals surface area (Å²) in [6.45, 7) is 2.55. The molecule has 0 radical (unpaired) electrons. The summed E-state index contributed by atoms with van der Waals surface area (Å²) in [7, 11) is 1.65. The standard InChI is InChI=1S/C23H23N3O3/c1-29-19-9-7-18(8-10-19)25-13-15-26(16-14-25)23(28)21-20(11-12-24-22(21)27)17-5-3-2-4-6-17/h2-12H,13-16H2,1H3,(H,24,27). The van der Waals surface area contributed by atoms with Gasteiger partial charge in [-0.1, -0.05) is 30.3 Å². The first-order valence-electron chi connectivity index (χ1n) is 9.63. The molecular formula is C23H23N3O3. The Labute approximate surface area is 169 Å². The van der Waals surface area contributed by atoms with Crippen molar-refractivity contribution in [3.63, 3.8) is 0 Å². The summed E-state index contributed by atoms with van der Waals surface area (Å²) < 4.78 is 5.21. The van der Waals surface area contributed by atoms with Gasteiger partial charge in [-0.3, -0.25) is 9.59 Å². The van der Waals surface area contributed by atoms with Gasteiger partial charge in [0.1, 0.15) is 11.3 Å². The number of hydrogen-bond donors (Lipinski definition) is 1. The van der Waals surface area contributed by atoms with Crippen molar-refractivity contribution in [1.82, 2.24) is 9.88 Å². The molecule has 6 heteroatoms. The molecule has 3 aromatic rings. The van der Waals surface area contributed by atoms with Gasteiger partial charge in [0.2, 0.25) is 0 Å². The Hall–Kier alpha value is -3.54. The summed E-state index contributed by atoms with van der Waals surface area (Å²) in [6, 6.07) is 19.2. The largest absolute Gasteiger partial charge is 0.497 e. The molecule has 1 aromatic heterocycles. The van der Waals surface area contributed by atoms with E-state index in [1.54, 1.807) is 24.3 Å². The fourth-order valence-electron chi connectivity index (χ4n) is 3.67. The number of aromatic amines is 1. The second-order valence-corrected chi connectivity index (χ2v) is 6.94. The summed E-state index contributed by atoms with van der Waals surface area (Å²) in [4.78, 5) is 32.4. The second-order valence-electron chi connectivity index (χ2n) is 6.94. The number of anilines is 1. The molecule has 2 aromatic carbocycles. The SMILES string of the molecule is COc1ccc(N2CCN(C(=O)c3c(-c4ccccc4)cc[nH]c3=O)CC2)cc1. The summed E-state index contributed by atoms with van der Waals surface area (Å²) in [5, 5.41) is 0. The monoisotopic (exact) mass is 389 g/mol. The molecule has 2 heterocycles. The zero-order chi connectivity index (χ0) is 20.2. The zero-order valence-electron chi connectivity index (χ0n) is 16.3. The van der Waals surface area contributed by atoms with Gasteiger partial charge in [0.05, 0.1) is 7.11 Å². The predicted molar refractivity (Wildman–Crippen MR) is 114 cm³/mol. The number of aromatic nitrogens is 1. The number of H-pyrrole nitrogens is 1. The Morgan fingerprint density at radius 1 is 0.931 bits per heavy atom. The van der Waals surface area contributed by atoms with Crippen LogP contribution in [0.5, 0.6) is 5.75 Å². The third-order valence-electron chi connectivity index (χ3n) is 5.26. The van der Waals surface area contributed by atoms with Crippen molar-refractivity contribution < 1.29 is 9.53 Å². The molecule has 0 aliphatic carbocycles. The first-order chi connectivity index (χ1) is 14.2. The van der Waals surface area contributed by atoms with Gasteiger partial charge < -0.3 is 19.5 Å². The van der Waals surface area contributed by atoms with E-state index in [9.17, 15) is 9.59 Å². The number of rotatable bonds is 4. The van der Waals surface area contributed by atoms with Crippen molar-refractivity contribution >= 4 is 11.6 Å². The topological polar surface area (TPSA) is 65.6 Å². The van der Waals surface area contributed by atoms with Crippen LogP contribution in [0.2, 0.25) is 0 Å². The van der Waals surface area contributed by atoms with Gasteiger partial charge in [-0.05, 0) is 35.9 Å². The molecule has 0 atom stereocenters. The molecule has 1 fully saturated rings. The van der Waals surface area contributed by atoms with E-state index in [2.05, 4.69) is 9.88 Å². The highest BCUT2D eigenvalue weighted by Gasteiger charge is 2.26. The highest BCUT2D eigenvalue weighted by molar-refractivity contribution is 6.00. The number of benzene rings is 2. The van der Waals surface area contributed by atoms with Crippen LogP contribution in [-0.4, -0.2) is 49.1 Å². The van der Waals surface area contributed by atoms with E-state index in [4.69, 9.17) is 4.74 Å². The van der Waals surface area contributed by atoms with E-state index in [-0.39, 0.29) is 17.0 Å². The number of nitrogens with zero attached hydrogens (tertiary/aromatic N) is 2. The normalized spacial score (nSPS) is 14.0. The van der Waals surface area contributed by atoms with Gasteiger partial charge >= 0.3 is 0 Å². The molecule has 29 heavy (non-hydrogen) atoms. The van der Waals surface area contributed by atoms with Gasteiger partial charge in [0, 0.05) is 43.6 Å². The number of methoxy groups -OCH3 is 1. The number of carbonyl (C=O) groups is 1. The lowest BCUT2D eigenvalue weighted by Crippen LogP contribution is -2.49. The highest BCUT2D eigenvalue weighted by Crippen LogP contribution is 2.24. The lowest BCUT2D eigenvalue weighted by atomic mass is 10.0. The van der Waals surface area contributed by atoms with E-state index >= 15 is 0 Å². The summed E-state index contributed by atoms with van der Waals surface area (Å²) in [5.41, 5.74) is 2.47. The van der Waals surface area contributed by atoms with Crippen LogP contribution in [0, 0.1) is 0 Å². The van der Waals surface area contributed by atoms with Crippen molar-refractivity contribution in [2.45, 2.75) is 0 Å². The molecule has 0 spiro atoms. The van der Waals surface area contributed by atoms with E-state index in [1.165, 1.54) is 0 Å². The Kier molecular flexibility index (Phi) is 5.33. The van der Waals surface area contributed by atoms with Crippen molar-refractivity contribution in [3.8, 4) is 16.9 Å². The van der Waals surface area contributed by atoms with Crippen molar-refractivity contribution in [2.75, 3.05) is 38.2 Å². The minimum atomic E-state index is -0.353. The molecule has 1 aliphatic heterocycles. The number of nitrogens with one attached hydrogen (secondary N) is 1. The molecule has 4 rings (SSSR count). The molecule has 0 saturated carbocycles. The number of amides is 1. The smallest absolute Gasteiger partial charge is 0.261 e. The van der Waals surface area contributed by atoms with Gasteiger partial charge in [-0.25, -0.2) is 0 Å². The van der Waals surface area contributed by atoms with Crippen molar-refractivity contribution in [1.29, 1.82) is 0 Å². The maximum absolute atomic E-state index is 13.2. The maximum Gasteiger partial charge on any atom is 0.261 e. The zero-order valence-corrected chi connectivity index (χ0v) is 16.3. The van der Waals surface area contributed by atoms with Crippen LogP contribution in [0.1, 0.15) is 10.4 Å². The number of piperazine rings is 1. The van der Waals surface area contributed by atoms with Gasteiger partial charge in [0.25, 0.3) is 11.5 Å². The lowest BCUT2D eigenvalue weighted by Gasteiger charge is -2.36. The minimum Gasteiger partial charge on any atom is -0.497 e. The molecule has 1 aliphatic rings. The maximum atomic E-state index is 13.2. The molecule has 6 nitrogen and oxygen atoms in total. The van der Waals surface area contributed by atoms with Crippen LogP contribution in [0.4, 0.5) is 5.69 Å². The number of carbonyl (C=O) groups excluding carboxylic acids is 1. The van der Waals surface area contributed by atoms with Crippen LogP contribution in [-0.2, 0) is 0 Å². The first-order valence-corrected chi connectivity index (χ1v) is 9.63. The number of pyridine rings is 1. The van der Waals surface area contributed by atoms with E-state index in [0.717, 1.165) is 17.0 Å². The van der Waals surface area contributed by atoms with Gasteiger partial charge in [-0.2, -0.15) is 0 Å². The van der Waals surface area contributed by atoms with E-state index < -0.39 is 0 Å². The third-order valence-corrected chi connectivity index (χ3v) is 5.26. The van der Waals surface area contributed by atoms with Crippen LogP contribution in [0.3, 0.4) is 0 Å². The minimum absolute atomic E-state index is 0.205. The average molecular weight is 389 g/mol. The molecule has 0 unspecified atom stereocenters. The second kappa shape index (κ2) is 8.22. The number of hydrogen-bond acceptors (Lipinski definition) is 4. The molecule has 0 bridgehead atoms. The molecule has 1 amide bonds. The predicted octanol–water partition coefficient (Wildman–Crippen LogP) is 3.01. The average Bonchev–Trinajstić information content (AvgIpc) is 2.79. The summed E-state index contributed by atoms with van der Waals surface area (Å²) >= 11 is 0. The fourth-order valence-corrected chi connectivity index (χ4v) is 3.67. The highest BCUT2D eigenvalue weighted by atomic mass is 16.5. The van der Waals surface area contributed by atoms with Crippen LogP contribution >= 0.6 is 0 Å². The van der Waals surface area contributed by atoms with E-state index in [0.29, 0.717) is 31.7 Å². The van der Waals surface area contributed by atoms with Crippen LogP contribution in [0.15, 0.2) is 71.7 Å². The van der Waals surface area contributed by atoms with E-state index in [1.807, 2.05) is 54.6 Å². The Morgan fingerprint density at radius 3 is 2.28 bits per heavy atom. The first kappa shape index (κ1) is 18.8. The van der Waals surface area contributed by atoms with Crippen molar-refractivity contribution in [3.05, 3.63) is 82.8 Å². The van der Waals surface area contributed by atoms with Gasteiger partial charge in [-0.15, -0.1) is 0 Å². The molecule has 1 saturated heterocycles. The quantitative estimate of drug-likeness (QED) is 0.745. The van der Waals surface area contributed by atoms with Gasteiger partial charge in [0.15, 0.2) is 0 Å². The van der Waals surface area contributed by atoms with Crippen LogP contribution < -0.4 is 15.2 Å². The summed E-state index contributed by atoms with van der Waals surface area (Å²) in [5.74, 6) is 0.597. The Balaban J connectivity index is 1.52. The Morgan fingerprint density at radius 2 is 1.62 bits per heavy atom. The fraction of sp³-hybridized carbons (Fsp3) is 0.217. The van der Waals surface area contributed by atoms with Crippen LogP contribution in [0.25, 0.3) is 11.1 Å². The Bertz CT molecular complexity index is 1040. The lowest BCUT2D eigenvalue weighted by molar-refractivity contribution is 0.0746. The number of ether oxygens (including phenoxy) is 1. The molecular weight excluding hydrogens is 366 g/mol.